The first-order valence-corrected chi connectivity index (χ1v) is 6.94. The number of hydrogen-bond donors (Lipinski definition) is 2. The van der Waals surface area contributed by atoms with E-state index in [2.05, 4.69) is 5.32 Å². The van der Waals surface area contributed by atoms with Gasteiger partial charge >= 0.3 is 0 Å². The second-order valence-electron chi connectivity index (χ2n) is 5.89. The fraction of sp³-hybridized carbons (Fsp3) is 0.923. The molecule has 3 fully saturated rings. The van der Waals surface area contributed by atoms with E-state index in [1.165, 1.54) is 12.8 Å². The van der Waals surface area contributed by atoms with Crippen LogP contribution in [0.1, 0.15) is 38.5 Å². The van der Waals surface area contributed by atoms with Crippen molar-refractivity contribution >= 4 is 5.91 Å². The van der Waals surface area contributed by atoms with Crippen molar-refractivity contribution in [3.05, 3.63) is 0 Å². The first kappa shape index (κ1) is 11.5. The molecule has 96 valence electrons. The van der Waals surface area contributed by atoms with Crippen LogP contribution < -0.4 is 5.32 Å². The Morgan fingerprint density at radius 2 is 1.82 bits per heavy atom. The van der Waals surface area contributed by atoms with Gasteiger partial charge in [-0.3, -0.25) is 4.79 Å². The topological polar surface area (TPSA) is 52.6 Å². The van der Waals surface area contributed by atoms with Crippen LogP contribution in [-0.2, 0) is 4.79 Å². The van der Waals surface area contributed by atoms with Crippen molar-refractivity contribution in [2.24, 2.45) is 5.92 Å². The smallest absolute Gasteiger partial charge is 0.237 e. The van der Waals surface area contributed by atoms with Gasteiger partial charge in [-0.05, 0) is 51.0 Å². The molecule has 3 aliphatic rings. The lowest BCUT2D eigenvalue weighted by atomic mass is 10.00. The Morgan fingerprint density at radius 3 is 2.41 bits per heavy atom. The molecule has 3 rings (SSSR count). The Bertz CT molecular complexity index is 290. The van der Waals surface area contributed by atoms with E-state index >= 15 is 0 Å². The summed E-state index contributed by atoms with van der Waals surface area (Å²) >= 11 is 0. The van der Waals surface area contributed by atoms with Crippen LogP contribution in [0, 0.1) is 5.92 Å². The van der Waals surface area contributed by atoms with Crippen LogP contribution in [0.5, 0.6) is 0 Å². The van der Waals surface area contributed by atoms with E-state index in [1.807, 2.05) is 4.90 Å². The van der Waals surface area contributed by atoms with E-state index in [9.17, 15) is 9.90 Å². The predicted molar refractivity (Wildman–Crippen MR) is 64.5 cm³/mol. The van der Waals surface area contributed by atoms with Crippen molar-refractivity contribution in [1.29, 1.82) is 0 Å². The van der Waals surface area contributed by atoms with Crippen LogP contribution in [0.25, 0.3) is 0 Å². The van der Waals surface area contributed by atoms with E-state index in [1.54, 1.807) is 0 Å². The molecule has 1 aliphatic carbocycles. The monoisotopic (exact) mass is 238 g/mol. The van der Waals surface area contributed by atoms with Crippen molar-refractivity contribution in [3.63, 3.8) is 0 Å². The van der Waals surface area contributed by atoms with Crippen LogP contribution in [0.3, 0.4) is 0 Å². The second-order valence-corrected chi connectivity index (χ2v) is 5.89. The maximum absolute atomic E-state index is 12.1. The van der Waals surface area contributed by atoms with Gasteiger partial charge in [0.15, 0.2) is 0 Å². The van der Waals surface area contributed by atoms with Gasteiger partial charge in [0.1, 0.15) is 0 Å². The number of aliphatic hydroxyl groups excluding tert-OH is 1. The van der Waals surface area contributed by atoms with E-state index in [0.717, 1.165) is 38.1 Å². The number of fused-ring (bicyclic) bond motifs is 2. The molecule has 4 nitrogen and oxygen atoms in total. The summed E-state index contributed by atoms with van der Waals surface area (Å²) in [4.78, 5) is 14.2. The highest BCUT2D eigenvalue weighted by Crippen LogP contribution is 2.35. The zero-order valence-corrected chi connectivity index (χ0v) is 10.3. The third kappa shape index (κ3) is 2.47. The van der Waals surface area contributed by atoms with Crippen molar-refractivity contribution in [2.45, 2.75) is 56.7 Å². The Balaban J connectivity index is 1.51. The minimum absolute atomic E-state index is 0.184. The average Bonchev–Trinajstić information content (AvgIpc) is 3.05. The number of amides is 1. The zero-order valence-electron chi connectivity index (χ0n) is 10.3. The van der Waals surface area contributed by atoms with Gasteiger partial charge in [-0.25, -0.2) is 0 Å². The maximum Gasteiger partial charge on any atom is 0.237 e. The average molecular weight is 238 g/mol. The lowest BCUT2D eigenvalue weighted by Gasteiger charge is -2.37. The minimum Gasteiger partial charge on any atom is -0.393 e. The normalized spacial score (nSPS) is 36.3. The Labute approximate surface area is 102 Å². The standard InChI is InChI=1S/C13H22N2O2/c16-12-5-10-3-4-11(6-12)15(10)13(17)8-14-7-9-1-2-9/h9-12,14,16H,1-8H2. The van der Waals surface area contributed by atoms with E-state index < -0.39 is 0 Å². The van der Waals surface area contributed by atoms with Gasteiger partial charge in [0.2, 0.25) is 5.91 Å². The predicted octanol–water partition coefficient (Wildman–Crippen LogP) is 0.500. The number of rotatable bonds is 4. The molecule has 2 unspecified atom stereocenters. The summed E-state index contributed by atoms with van der Waals surface area (Å²) in [5, 5.41) is 13.0. The number of nitrogens with one attached hydrogen (secondary N) is 1. The summed E-state index contributed by atoms with van der Waals surface area (Å²) in [5.74, 6) is 1.06. The Hall–Kier alpha value is -0.610. The van der Waals surface area contributed by atoms with Crippen molar-refractivity contribution in [3.8, 4) is 0 Å². The second kappa shape index (κ2) is 4.58. The molecule has 2 bridgehead atoms. The zero-order chi connectivity index (χ0) is 11.8. The molecule has 0 aromatic rings. The minimum atomic E-state index is -0.184. The molecule has 2 atom stereocenters. The van der Waals surface area contributed by atoms with E-state index in [0.29, 0.717) is 18.6 Å². The van der Waals surface area contributed by atoms with Crippen LogP contribution in [0.15, 0.2) is 0 Å². The summed E-state index contributed by atoms with van der Waals surface area (Å²) < 4.78 is 0. The van der Waals surface area contributed by atoms with Crippen LogP contribution >= 0.6 is 0 Å². The third-order valence-corrected chi connectivity index (χ3v) is 4.40. The quantitative estimate of drug-likeness (QED) is 0.750. The van der Waals surface area contributed by atoms with Gasteiger partial charge in [0.05, 0.1) is 12.6 Å². The molecular formula is C13H22N2O2. The fourth-order valence-corrected chi connectivity index (χ4v) is 3.35. The van der Waals surface area contributed by atoms with Gasteiger partial charge in [-0.15, -0.1) is 0 Å². The van der Waals surface area contributed by atoms with E-state index in [4.69, 9.17) is 0 Å². The summed E-state index contributed by atoms with van der Waals surface area (Å²) in [6.07, 6.45) is 6.18. The molecule has 0 radical (unpaired) electrons. The summed E-state index contributed by atoms with van der Waals surface area (Å²) in [5.41, 5.74) is 0. The van der Waals surface area contributed by atoms with Crippen LogP contribution in [-0.4, -0.2) is 47.2 Å². The highest BCUT2D eigenvalue weighted by molar-refractivity contribution is 5.79. The molecule has 17 heavy (non-hydrogen) atoms. The fourth-order valence-electron chi connectivity index (χ4n) is 3.35. The highest BCUT2D eigenvalue weighted by Gasteiger charge is 2.42. The van der Waals surface area contributed by atoms with Crippen LogP contribution in [0.2, 0.25) is 0 Å². The van der Waals surface area contributed by atoms with Gasteiger partial charge in [0.25, 0.3) is 0 Å². The molecule has 4 heteroatoms. The molecule has 1 amide bonds. The molecular weight excluding hydrogens is 216 g/mol. The molecule has 0 aromatic carbocycles. The lowest BCUT2D eigenvalue weighted by Crippen LogP contribution is -2.50. The number of hydrogen-bond acceptors (Lipinski definition) is 3. The number of aliphatic hydroxyl groups is 1. The third-order valence-electron chi connectivity index (χ3n) is 4.40. The SMILES string of the molecule is O=C(CNCC1CC1)N1C2CCC1CC(O)C2. The van der Waals surface area contributed by atoms with Gasteiger partial charge in [-0.2, -0.15) is 0 Å². The number of nitrogens with zero attached hydrogens (tertiary/aromatic N) is 1. The lowest BCUT2D eigenvalue weighted by molar-refractivity contribution is -0.136. The number of carbonyl (C=O) groups is 1. The number of piperidine rings is 1. The first-order valence-electron chi connectivity index (χ1n) is 6.94. The molecule has 1 saturated carbocycles. The van der Waals surface area contributed by atoms with Crippen LogP contribution in [0.4, 0.5) is 0 Å². The molecule has 2 N–H and O–H groups in total. The van der Waals surface area contributed by atoms with E-state index in [-0.39, 0.29) is 12.0 Å². The molecule has 2 saturated heterocycles. The summed E-state index contributed by atoms with van der Waals surface area (Å²) in [7, 11) is 0. The summed E-state index contributed by atoms with van der Waals surface area (Å²) in [6.45, 7) is 1.48. The van der Waals surface area contributed by atoms with Crippen molar-refractivity contribution < 1.29 is 9.90 Å². The molecule has 0 aromatic heterocycles. The number of carbonyl (C=O) groups excluding carboxylic acids is 1. The van der Waals surface area contributed by atoms with Gasteiger partial charge in [0, 0.05) is 12.1 Å². The van der Waals surface area contributed by atoms with Crippen molar-refractivity contribution in [1.82, 2.24) is 10.2 Å². The molecule has 2 heterocycles. The summed E-state index contributed by atoms with van der Waals surface area (Å²) in [6, 6.07) is 0.609. The Morgan fingerprint density at radius 1 is 1.18 bits per heavy atom. The van der Waals surface area contributed by atoms with Gasteiger partial charge < -0.3 is 15.3 Å². The van der Waals surface area contributed by atoms with Crippen molar-refractivity contribution in [2.75, 3.05) is 13.1 Å². The molecule has 2 aliphatic heterocycles. The maximum atomic E-state index is 12.1. The largest absolute Gasteiger partial charge is 0.393 e. The first-order chi connectivity index (χ1) is 8.24. The van der Waals surface area contributed by atoms with Gasteiger partial charge in [-0.1, -0.05) is 0 Å². The molecule has 0 spiro atoms. The Kier molecular flexibility index (Phi) is 3.09. The highest BCUT2D eigenvalue weighted by atomic mass is 16.3.